The Bertz CT molecular complexity index is 530. The molecule has 0 aromatic heterocycles. The van der Waals surface area contributed by atoms with Crippen molar-refractivity contribution in [3.05, 3.63) is 29.8 Å². The van der Waals surface area contributed by atoms with Gasteiger partial charge in [-0.25, -0.2) is 8.42 Å². The second-order valence-electron chi connectivity index (χ2n) is 6.70. The molecule has 0 amide bonds. The first kappa shape index (κ1) is 18.0. The fraction of sp³-hybridized carbons (Fsp3) is 0.625. The summed E-state index contributed by atoms with van der Waals surface area (Å²) in [7, 11) is -3.22. The van der Waals surface area contributed by atoms with Gasteiger partial charge < -0.3 is 5.73 Å². The molecule has 1 aromatic carbocycles. The lowest BCUT2D eigenvalue weighted by molar-refractivity contribution is 0.375. The zero-order valence-corrected chi connectivity index (χ0v) is 14.4. The Hall–Kier alpha value is -1.07. The van der Waals surface area contributed by atoms with Crippen LogP contribution in [0, 0.1) is 5.41 Å². The second-order valence-corrected chi connectivity index (χ2v) is 8.79. The summed E-state index contributed by atoms with van der Waals surface area (Å²) in [6.45, 7) is 9.15. The maximum Gasteiger partial charge on any atom is 0.214 e. The van der Waals surface area contributed by atoms with E-state index in [0.29, 0.717) is 25.2 Å². The lowest BCUT2D eigenvalue weighted by Gasteiger charge is -2.24. The first-order valence-electron chi connectivity index (χ1n) is 7.46. The van der Waals surface area contributed by atoms with E-state index in [1.807, 2.05) is 19.1 Å². The molecule has 0 aliphatic heterocycles. The third-order valence-corrected chi connectivity index (χ3v) is 5.13. The topological polar surface area (TPSA) is 63.4 Å². The van der Waals surface area contributed by atoms with Crippen LogP contribution in [0.2, 0.25) is 0 Å². The molecule has 0 atom stereocenters. The van der Waals surface area contributed by atoms with Crippen molar-refractivity contribution in [1.29, 1.82) is 0 Å². The molecule has 0 aliphatic carbocycles. The molecule has 1 aromatic rings. The number of nitrogens with two attached hydrogens (primary N) is 1. The molecule has 0 radical (unpaired) electrons. The summed E-state index contributed by atoms with van der Waals surface area (Å²) in [6.07, 6.45) is 1.47. The predicted molar refractivity (Wildman–Crippen MR) is 89.4 cm³/mol. The molecule has 5 heteroatoms. The van der Waals surface area contributed by atoms with Crippen LogP contribution in [0.5, 0.6) is 0 Å². The van der Waals surface area contributed by atoms with Gasteiger partial charge in [0.1, 0.15) is 0 Å². The fourth-order valence-electron chi connectivity index (χ4n) is 1.96. The minimum Gasteiger partial charge on any atom is -0.399 e. The van der Waals surface area contributed by atoms with Gasteiger partial charge in [-0.1, -0.05) is 39.8 Å². The van der Waals surface area contributed by atoms with Gasteiger partial charge in [0.05, 0.1) is 5.75 Å². The minimum atomic E-state index is -3.22. The summed E-state index contributed by atoms with van der Waals surface area (Å²) < 4.78 is 26.7. The SMILES string of the molecule is CCCN(Cc1ccc(N)cc1)S(=O)(=O)CCC(C)(C)C. The van der Waals surface area contributed by atoms with Crippen LogP contribution in [-0.2, 0) is 16.6 Å². The zero-order valence-electron chi connectivity index (χ0n) is 13.6. The van der Waals surface area contributed by atoms with Crippen molar-refractivity contribution in [2.45, 2.75) is 47.1 Å². The Morgan fingerprint density at radius 2 is 1.71 bits per heavy atom. The quantitative estimate of drug-likeness (QED) is 0.786. The number of nitrogen functional groups attached to an aromatic ring is 1. The minimum absolute atomic E-state index is 0.0200. The first-order chi connectivity index (χ1) is 9.64. The predicted octanol–water partition coefficient (Wildman–Crippen LogP) is 3.25. The maximum absolute atomic E-state index is 12.5. The summed E-state index contributed by atoms with van der Waals surface area (Å²) in [6, 6.07) is 7.39. The van der Waals surface area contributed by atoms with Crippen LogP contribution >= 0.6 is 0 Å². The lowest BCUT2D eigenvalue weighted by atomic mass is 9.94. The van der Waals surface area contributed by atoms with E-state index in [1.165, 1.54) is 0 Å². The van der Waals surface area contributed by atoms with Gasteiger partial charge in [0.25, 0.3) is 0 Å². The summed E-state index contributed by atoms with van der Waals surface area (Å²) >= 11 is 0. The third-order valence-electron chi connectivity index (χ3n) is 3.32. The van der Waals surface area contributed by atoms with E-state index in [1.54, 1.807) is 16.4 Å². The summed E-state index contributed by atoms with van der Waals surface area (Å²) in [5.74, 6) is 0.200. The van der Waals surface area contributed by atoms with E-state index in [-0.39, 0.29) is 11.2 Å². The van der Waals surface area contributed by atoms with Gasteiger partial charge in [-0.15, -0.1) is 0 Å². The lowest BCUT2D eigenvalue weighted by Crippen LogP contribution is -2.34. The standard InChI is InChI=1S/C16H28N2O2S/c1-5-11-18(13-14-6-8-15(17)9-7-14)21(19,20)12-10-16(2,3)4/h6-9H,5,10-13,17H2,1-4H3. The number of hydrogen-bond donors (Lipinski definition) is 1. The third kappa shape index (κ3) is 6.48. The molecule has 0 saturated heterocycles. The highest BCUT2D eigenvalue weighted by atomic mass is 32.2. The molecule has 4 nitrogen and oxygen atoms in total. The molecule has 0 unspecified atom stereocenters. The molecule has 0 saturated carbocycles. The highest BCUT2D eigenvalue weighted by Crippen LogP contribution is 2.21. The van der Waals surface area contributed by atoms with E-state index in [0.717, 1.165) is 12.0 Å². The summed E-state index contributed by atoms with van der Waals surface area (Å²) in [5, 5.41) is 0. The average Bonchev–Trinajstić information content (AvgIpc) is 2.38. The van der Waals surface area contributed by atoms with Gasteiger partial charge in [0, 0.05) is 18.8 Å². The Labute approximate surface area is 129 Å². The van der Waals surface area contributed by atoms with Crippen molar-refractivity contribution in [1.82, 2.24) is 4.31 Å². The van der Waals surface area contributed by atoms with Gasteiger partial charge in [0.15, 0.2) is 0 Å². The van der Waals surface area contributed by atoms with E-state index < -0.39 is 10.0 Å². The van der Waals surface area contributed by atoms with E-state index in [4.69, 9.17) is 5.73 Å². The van der Waals surface area contributed by atoms with Crippen molar-refractivity contribution in [3.63, 3.8) is 0 Å². The van der Waals surface area contributed by atoms with E-state index >= 15 is 0 Å². The van der Waals surface area contributed by atoms with Gasteiger partial charge >= 0.3 is 0 Å². The van der Waals surface area contributed by atoms with Crippen molar-refractivity contribution >= 4 is 15.7 Å². The van der Waals surface area contributed by atoms with Crippen molar-refractivity contribution in [3.8, 4) is 0 Å². The average molecular weight is 312 g/mol. The number of sulfonamides is 1. The summed E-state index contributed by atoms with van der Waals surface area (Å²) in [4.78, 5) is 0. The molecular formula is C16H28N2O2S. The summed E-state index contributed by atoms with van der Waals surface area (Å²) in [5.41, 5.74) is 7.35. The second kappa shape index (κ2) is 7.27. The fourth-order valence-corrected chi connectivity index (χ4v) is 3.89. The first-order valence-corrected chi connectivity index (χ1v) is 9.07. The van der Waals surface area contributed by atoms with Crippen molar-refractivity contribution in [2.24, 2.45) is 5.41 Å². The highest BCUT2D eigenvalue weighted by Gasteiger charge is 2.24. The van der Waals surface area contributed by atoms with Crippen LogP contribution in [-0.4, -0.2) is 25.0 Å². The number of benzene rings is 1. The van der Waals surface area contributed by atoms with Gasteiger partial charge in [0.2, 0.25) is 10.0 Å². The molecule has 1 rings (SSSR count). The molecule has 0 heterocycles. The van der Waals surface area contributed by atoms with Gasteiger partial charge in [-0.05, 0) is 36.0 Å². The van der Waals surface area contributed by atoms with Crippen LogP contribution < -0.4 is 5.73 Å². The van der Waals surface area contributed by atoms with E-state index in [2.05, 4.69) is 20.8 Å². The Kier molecular flexibility index (Phi) is 6.23. The molecule has 0 fully saturated rings. The Morgan fingerprint density at radius 3 is 2.19 bits per heavy atom. The van der Waals surface area contributed by atoms with Crippen LogP contribution in [0.1, 0.15) is 46.1 Å². The van der Waals surface area contributed by atoms with Crippen molar-refractivity contribution in [2.75, 3.05) is 18.0 Å². The monoisotopic (exact) mass is 312 g/mol. The molecule has 0 spiro atoms. The van der Waals surface area contributed by atoms with Crippen LogP contribution in [0.15, 0.2) is 24.3 Å². The molecular weight excluding hydrogens is 284 g/mol. The number of rotatable bonds is 7. The Morgan fingerprint density at radius 1 is 1.14 bits per heavy atom. The molecule has 120 valence electrons. The molecule has 2 N–H and O–H groups in total. The van der Waals surface area contributed by atoms with Gasteiger partial charge in [-0.3, -0.25) is 0 Å². The van der Waals surface area contributed by atoms with Crippen molar-refractivity contribution < 1.29 is 8.42 Å². The van der Waals surface area contributed by atoms with Crippen LogP contribution in [0.4, 0.5) is 5.69 Å². The number of hydrogen-bond acceptors (Lipinski definition) is 3. The normalized spacial score (nSPS) is 12.8. The van der Waals surface area contributed by atoms with Crippen LogP contribution in [0.25, 0.3) is 0 Å². The van der Waals surface area contributed by atoms with Crippen LogP contribution in [0.3, 0.4) is 0 Å². The van der Waals surface area contributed by atoms with Gasteiger partial charge in [-0.2, -0.15) is 4.31 Å². The highest BCUT2D eigenvalue weighted by molar-refractivity contribution is 7.89. The number of anilines is 1. The molecule has 0 bridgehead atoms. The molecule has 21 heavy (non-hydrogen) atoms. The molecule has 0 aliphatic rings. The van der Waals surface area contributed by atoms with E-state index in [9.17, 15) is 8.42 Å². The maximum atomic E-state index is 12.5. The Balaban J connectivity index is 2.82. The largest absolute Gasteiger partial charge is 0.399 e. The zero-order chi connectivity index (χ0) is 16.1. The number of nitrogens with zero attached hydrogens (tertiary/aromatic N) is 1. The smallest absolute Gasteiger partial charge is 0.214 e.